The molecule has 120 valence electrons. The number of rotatable bonds is 6. The molecule has 1 N–H and O–H groups in total. The lowest BCUT2D eigenvalue weighted by Crippen LogP contribution is -2.45. The van der Waals surface area contributed by atoms with Crippen molar-refractivity contribution in [2.75, 3.05) is 19.8 Å². The third-order valence-corrected chi connectivity index (χ3v) is 4.12. The molecular formula is C17H23NO4. The van der Waals surface area contributed by atoms with Gasteiger partial charge in [0.05, 0.1) is 12.8 Å². The minimum absolute atomic E-state index is 0.00227. The van der Waals surface area contributed by atoms with E-state index in [0.717, 1.165) is 24.0 Å². The van der Waals surface area contributed by atoms with Gasteiger partial charge in [0.2, 0.25) is 5.91 Å². The highest BCUT2D eigenvalue weighted by Gasteiger charge is 2.26. The van der Waals surface area contributed by atoms with E-state index in [9.17, 15) is 9.59 Å². The number of carbonyl (C=O) groups is 2. The highest BCUT2D eigenvalue weighted by molar-refractivity contribution is 5.80. The van der Waals surface area contributed by atoms with Crippen LogP contribution in [0.1, 0.15) is 30.4 Å². The standard InChI is InChI=1S/C17H23NO4/c1-13-4-2-3-5-14(13)12-16(19)18(9-6-17(20)21)15-7-10-22-11-8-15/h2-5,15H,6-12H2,1H3,(H,20,21). The van der Waals surface area contributed by atoms with Crippen molar-refractivity contribution in [1.29, 1.82) is 0 Å². The second kappa shape index (κ2) is 7.94. The Labute approximate surface area is 130 Å². The first-order valence-electron chi connectivity index (χ1n) is 7.71. The molecule has 0 spiro atoms. The van der Waals surface area contributed by atoms with Crippen LogP contribution in [-0.4, -0.2) is 47.7 Å². The van der Waals surface area contributed by atoms with Crippen molar-refractivity contribution in [3.05, 3.63) is 35.4 Å². The summed E-state index contributed by atoms with van der Waals surface area (Å²) in [4.78, 5) is 25.3. The molecule has 0 aliphatic carbocycles. The average molecular weight is 305 g/mol. The molecule has 0 atom stereocenters. The number of benzene rings is 1. The van der Waals surface area contributed by atoms with Gasteiger partial charge in [-0.15, -0.1) is 0 Å². The van der Waals surface area contributed by atoms with Crippen LogP contribution in [0.3, 0.4) is 0 Å². The molecule has 1 aromatic carbocycles. The zero-order valence-electron chi connectivity index (χ0n) is 13.0. The summed E-state index contributed by atoms with van der Waals surface area (Å²) in [7, 11) is 0. The Morgan fingerprint density at radius 2 is 1.95 bits per heavy atom. The molecule has 5 heteroatoms. The topological polar surface area (TPSA) is 66.8 Å². The summed E-state index contributed by atoms with van der Waals surface area (Å²) < 4.78 is 5.34. The van der Waals surface area contributed by atoms with Crippen molar-refractivity contribution >= 4 is 11.9 Å². The molecule has 1 saturated heterocycles. The first-order valence-corrected chi connectivity index (χ1v) is 7.71. The maximum absolute atomic E-state index is 12.7. The lowest BCUT2D eigenvalue weighted by molar-refractivity contribution is -0.140. The largest absolute Gasteiger partial charge is 0.481 e. The third-order valence-electron chi connectivity index (χ3n) is 4.12. The maximum atomic E-state index is 12.7. The molecule has 22 heavy (non-hydrogen) atoms. The van der Waals surface area contributed by atoms with Crippen molar-refractivity contribution in [2.45, 2.75) is 38.6 Å². The van der Waals surface area contributed by atoms with Crippen molar-refractivity contribution < 1.29 is 19.4 Å². The zero-order chi connectivity index (χ0) is 15.9. The molecule has 1 fully saturated rings. The van der Waals surface area contributed by atoms with Crippen LogP contribution in [0.2, 0.25) is 0 Å². The molecule has 5 nitrogen and oxygen atoms in total. The molecule has 1 aliphatic heterocycles. The number of carboxylic acid groups (broad SMARTS) is 1. The van der Waals surface area contributed by atoms with Crippen LogP contribution in [0.25, 0.3) is 0 Å². The number of carbonyl (C=O) groups excluding carboxylic acids is 1. The molecule has 0 bridgehead atoms. The van der Waals surface area contributed by atoms with Gasteiger partial charge < -0.3 is 14.7 Å². The molecule has 1 aromatic rings. The molecule has 1 amide bonds. The van der Waals surface area contributed by atoms with Crippen LogP contribution in [0, 0.1) is 6.92 Å². The van der Waals surface area contributed by atoms with Gasteiger partial charge in [-0.3, -0.25) is 9.59 Å². The van der Waals surface area contributed by atoms with E-state index in [1.165, 1.54) is 0 Å². The Morgan fingerprint density at radius 1 is 1.27 bits per heavy atom. The Balaban J connectivity index is 2.07. The number of amides is 1. The van der Waals surface area contributed by atoms with E-state index in [2.05, 4.69) is 0 Å². The smallest absolute Gasteiger partial charge is 0.305 e. The van der Waals surface area contributed by atoms with Crippen LogP contribution in [-0.2, 0) is 20.7 Å². The first-order chi connectivity index (χ1) is 10.6. The number of ether oxygens (including phenoxy) is 1. The van der Waals surface area contributed by atoms with Gasteiger partial charge in [0.1, 0.15) is 0 Å². The fraction of sp³-hybridized carbons (Fsp3) is 0.529. The van der Waals surface area contributed by atoms with Crippen molar-refractivity contribution in [2.24, 2.45) is 0 Å². The summed E-state index contributed by atoms with van der Waals surface area (Å²) in [6.07, 6.45) is 1.86. The van der Waals surface area contributed by atoms with Gasteiger partial charge in [0, 0.05) is 25.8 Å². The summed E-state index contributed by atoms with van der Waals surface area (Å²) >= 11 is 0. The Hall–Kier alpha value is -1.88. The van der Waals surface area contributed by atoms with E-state index in [0.29, 0.717) is 19.6 Å². The molecule has 2 rings (SSSR count). The fourth-order valence-electron chi connectivity index (χ4n) is 2.80. The van der Waals surface area contributed by atoms with Crippen molar-refractivity contribution in [3.63, 3.8) is 0 Å². The third kappa shape index (κ3) is 4.56. The van der Waals surface area contributed by atoms with Gasteiger partial charge in [-0.25, -0.2) is 0 Å². The molecular weight excluding hydrogens is 282 g/mol. The Morgan fingerprint density at radius 3 is 2.59 bits per heavy atom. The summed E-state index contributed by atoms with van der Waals surface area (Å²) in [5.41, 5.74) is 2.08. The van der Waals surface area contributed by atoms with E-state index >= 15 is 0 Å². The van der Waals surface area contributed by atoms with E-state index in [1.54, 1.807) is 4.90 Å². The predicted molar refractivity (Wildman–Crippen MR) is 82.7 cm³/mol. The highest BCUT2D eigenvalue weighted by Crippen LogP contribution is 2.17. The fourth-order valence-corrected chi connectivity index (χ4v) is 2.80. The second-order valence-corrected chi connectivity index (χ2v) is 5.68. The summed E-state index contributed by atoms with van der Waals surface area (Å²) in [5, 5.41) is 8.91. The van der Waals surface area contributed by atoms with E-state index in [1.807, 2.05) is 31.2 Å². The van der Waals surface area contributed by atoms with Crippen LogP contribution < -0.4 is 0 Å². The monoisotopic (exact) mass is 305 g/mol. The maximum Gasteiger partial charge on any atom is 0.305 e. The Kier molecular flexibility index (Phi) is 5.95. The van der Waals surface area contributed by atoms with E-state index in [4.69, 9.17) is 9.84 Å². The van der Waals surface area contributed by atoms with Gasteiger partial charge in [-0.1, -0.05) is 24.3 Å². The lowest BCUT2D eigenvalue weighted by Gasteiger charge is -2.34. The summed E-state index contributed by atoms with van der Waals surface area (Å²) in [6, 6.07) is 7.89. The second-order valence-electron chi connectivity index (χ2n) is 5.68. The van der Waals surface area contributed by atoms with Gasteiger partial charge in [-0.2, -0.15) is 0 Å². The molecule has 0 radical (unpaired) electrons. The van der Waals surface area contributed by atoms with Gasteiger partial charge >= 0.3 is 5.97 Å². The number of carboxylic acids is 1. The number of hydrogen-bond donors (Lipinski definition) is 1. The number of aryl methyl sites for hydroxylation is 1. The number of aliphatic carboxylic acids is 1. The molecule has 1 aliphatic rings. The quantitative estimate of drug-likeness (QED) is 0.873. The normalized spacial score (nSPS) is 15.5. The van der Waals surface area contributed by atoms with Crippen LogP contribution in [0.15, 0.2) is 24.3 Å². The number of nitrogens with zero attached hydrogens (tertiary/aromatic N) is 1. The zero-order valence-corrected chi connectivity index (χ0v) is 13.0. The van der Waals surface area contributed by atoms with E-state index in [-0.39, 0.29) is 24.9 Å². The predicted octanol–water partition coefficient (Wildman–Crippen LogP) is 2.02. The van der Waals surface area contributed by atoms with Crippen molar-refractivity contribution in [3.8, 4) is 0 Å². The molecule has 0 saturated carbocycles. The van der Waals surface area contributed by atoms with Crippen molar-refractivity contribution in [1.82, 2.24) is 4.90 Å². The molecule has 0 aromatic heterocycles. The molecule has 1 heterocycles. The minimum atomic E-state index is -0.874. The minimum Gasteiger partial charge on any atom is -0.481 e. The summed E-state index contributed by atoms with van der Waals surface area (Å²) in [5.74, 6) is -0.872. The summed E-state index contributed by atoms with van der Waals surface area (Å²) in [6.45, 7) is 3.52. The van der Waals surface area contributed by atoms with Gasteiger partial charge in [0.25, 0.3) is 0 Å². The number of hydrogen-bond acceptors (Lipinski definition) is 3. The van der Waals surface area contributed by atoms with Gasteiger partial charge in [-0.05, 0) is 30.9 Å². The molecule has 0 unspecified atom stereocenters. The lowest BCUT2D eigenvalue weighted by atomic mass is 10.0. The SMILES string of the molecule is Cc1ccccc1CC(=O)N(CCC(=O)O)C1CCOCC1. The van der Waals surface area contributed by atoms with E-state index < -0.39 is 5.97 Å². The Bertz CT molecular complexity index is 523. The average Bonchev–Trinajstić information content (AvgIpc) is 2.50. The highest BCUT2D eigenvalue weighted by atomic mass is 16.5. The van der Waals surface area contributed by atoms with Crippen LogP contribution in [0.5, 0.6) is 0 Å². The van der Waals surface area contributed by atoms with Gasteiger partial charge in [0.15, 0.2) is 0 Å². The first kappa shape index (κ1) is 16.5. The van der Waals surface area contributed by atoms with Crippen LogP contribution >= 0.6 is 0 Å². The van der Waals surface area contributed by atoms with Crippen LogP contribution in [0.4, 0.5) is 0 Å².